The average molecular weight is 346 g/mol. The lowest BCUT2D eigenvalue weighted by Crippen LogP contribution is -2.20. The fourth-order valence-electron chi connectivity index (χ4n) is 2.31. The number of hydrogen-bond acceptors (Lipinski definition) is 6. The van der Waals surface area contributed by atoms with Gasteiger partial charge in [-0.3, -0.25) is 9.36 Å². The molecule has 0 radical (unpaired) electrons. The highest BCUT2D eigenvalue weighted by Crippen LogP contribution is 2.25. The molecule has 1 saturated carbocycles. The summed E-state index contributed by atoms with van der Waals surface area (Å²) in [6, 6.07) is 5.85. The highest BCUT2D eigenvalue weighted by Gasteiger charge is 2.25. The zero-order valence-corrected chi connectivity index (χ0v) is 12.8. The lowest BCUT2D eigenvalue weighted by Gasteiger charge is -2.11. The van der Waals surface area contributed by atoms with Gasteiger partial charge in [-0.2, -0.15) is 13.8 Å². The molecule has 0 saturated heterocycles. The van der Waals surface area contributed by atoms with Gasteiger partial charge >= 0.3 is 12.6 Å². The molecule has 2 aromatic heterocycles. The van der Waals surface area contributed by atoms with Crippen molar-refractivity contribution in [2.45, 2.75) is 25.6 Å². The highest BCUT2D eigenvalue weighted by molar-refractivity contribution is 5.71. The molecule has 0 amide bonds. The Balaban J connectivity index is 1.78. The molecular formula is C16H12F2N4O3. The van der Waals surface area contributed by atoms with Crippen LogP contribution in [-0.4, -0.2) is 32.2 Å². The molecule has 1 aliphatic rings. The van der Waals surface area contributed by atoms with Crippen molar-refractivity contribution < 1.29 is 18.3 Å². The molecule has 1 aromatic carbocycles. The van der Waals surface area contributed by atoms with E-state index >= 15 is 0 Å². The lowest BCUT2D eigenvalue weighted by molar-refractivity contribution is -0.0498. The minimum Gasteiger partial charge on any atom is -0.460 e. The molecule has 1 fully saturated rings. The molecule has 25 heavy (non-hydrogen) atoms. The Morgan fingerprint density at radius 1 is 1.12 bits per heavy atom. The summed E-state index contributed by atoms with van der Waals surface area (Å²) in [6.07, 6.45) is 4.64. The zero-order valence-electron chi connectivity index (χ0n) is 12.8. The van der Waals surface area contributed by atoms with Crippen LogP contribution in [0.2, 0.25) is 0 Å². The van der Waals surface area contributed by atoms with Gasteiger partial charge in [0.05, 0.1) is 18.1 Å². The van der Waals surface area contributed by atoms with E-state index in [-0.39, 0.29) is 23.5 Å². The van der Waals surface area contributed by atoms with Crippen molar-refractivity contribution in [2.24, 2.45) is 0 Å². The summed E-state index contributed by atoms with van der Waals surface area (Å²) in [7, 11) is 0. The van der Waals surface area contributed by atoms with E-state index in [0.29, 0.717) is 11.2 Å². The first-order valence-corrected chi connectivity index (χ1v) is 7.57. The minimum absolute atomic E-state index is 0.00228. The summed E-state index contributed by atoms with van der Waals surface area (Å²) in [6.45, 7) is -2.91. The Hall–Kier alpha value is -3.10. The third-order valence-electron chi connectivity index (χ3n) is 3.59. The lowest BCUT2D eigenvalue weighted by atomic mass is 10.3. The summed E-state index contributed by atoms with van der Waals surface area (Å²) in [5, 5.41) is 0. The molecule has 0 aliphatic heterocycles. The van der Waals surface area contributed by atoms with Crippen LogP contribution in [0, 0.1) is 0 Å². The molecular weight excluding hydrogens is 334 g/mol. The first kappa shape index (κ1) is 15.4. The van der Waals surface area contributed by atoms with E-state index in [0.717, 1.165) is 19.0 Å². The molecule has 0 N–H and O–H groups in total. The zero-order chi connectivity index (χ0) is 17.4. The Kier molecular flexibility index (Phi) is 3.75. The van der Waals surface area contributed by atoms with Crippen molar-refractivity contribution in [1.29, 1.82) is 0 Å². The normalized spacial score (nSPS) is 14.0. The van der Waals surface area contributed by atoms with Gasteiger partial charge in [0.15, 0.2) is 5.65 Å². The van der Waals surface area contributed by atoms with Crippen molar-refractivity contribution in [3.05, 3.63) is 47.0 Å². The first-order chi connectivity index (χ1) is 12.1. The molecule has 0 spiro atoms. The standard InChI is InChI=1S/C16H12F2N4O3/c17-15(18)24-10-3-1-9(2-4-10)22-13(23)8-19-12-7-20-16(21-14(12)22)25-11-5-6-11/h1-4,7-8,11,15H,5-6H2. The molecule has 7 nitrogen and oxygen atoms in total. The van der Waals surface area contributed by atoms with Crippen LogP contribution in [0.3, 0.4) is 0 Å². The Labute approximate surface area is 139 Å². The number of halogens is 2. The fraction of sp³-hybridized carbons (Fsp3) is 0.250. The molecule has 0 atom stereocenters. The Morgan fingerprint density at radius 2 is 1.88 bits per heavy atom. The second kappa shape index (κ2) is 6.08. The van der Waals surface area contributed by atoms with E-state index in [1.54, 1.807) is 0 Å². The molecule has 2 heterocycles. The Morgan fingerprint density at radius 3 is 2.56 bits per heavy atom. The summed E-state index contributed by atoms with van der Waals surface area (Å²) < 4.78 is 35.7. The van der Waals surface area contributed by atoms with Crippen LogP contribution in [-0.2, 0) is 0 Å². The largest absolute Gasteiger partial charge is 0.460 e. The summed E-state index contributed by atoms with van der Waals surface area (Å²) >= 11 is 0. The SMILES string of the molecule is O=c1cnc2cnc(OC3CC3)nc2n1-c1ccc(OC(F)F)cc1. The average Bonchev–Trinajstić information content (AvgIpc) is 3.39. The smallest absolute Gasteiger partial charge is 0.387 e. The number of alkyl halides is 2. The monoisotopic (exact) mass is 346 g/mol. The topological polar surface area (TPSA) is 79.1 Å². The number of aromatic nitrogens is 4. The number of ether oxygens (including phenoxy) is 2. The number of fused-ring (bicyclic) bond motifs is 1. The van der Waals surface area contributed by atoms with E-state index in [4.69, 9.17) is 4.74 Å². The minimum atomic E-state index is -2.91. The molecule has 128 valence electrons. The van der Waals surface area contributed by atoms with Crippen LogP contribution in [0.1, 0.15) is 12.8 Å². The molecule has 4 rings (SSSR count). The van der Waals surface area contributed by atoms with Crippen LogP contribution in [0.5, 0.6) is 11.8 Å². The molecule has 3 aromatic rings. The number of rotatable bonds is 5. The third kappa shape index (κ3) is 3.25. The van der Waals surface area contributed by atoms with Gasteiger partial charge in [0, 0.05) is 0 Å². The fourth-order valence-corrected chi connectivity index (χ4v) is 2.31. The molecule has 0 bridgehead atoms. The van der Waals surface area contributed by atoms with Crippen molar-refractivity contribution in [3.63, 3.8) is 0 Å². The van der Waals surface area contributed by atoms with Crippen molar-refractivity contribution in [1.82, 2.24) is 19.5 Å². The second-order valence-electron chi connectivity index (χ2n) is 5.48. The first-order valence-electron chi connectivity index (χ1n) is 7.57. The number of hydrogen-bond donors (Lipinski definition) is 0. The second-order valence-corrected chi connectivity index (χ2v) is 5.48. The van der Waals surface area contributed by atoms with Gasteiger partial charge in [-0.15, -0.1) is 0 Å². The van der Waals surface area contributed by atoms with Crippen LogP contribution in [0.15, 0.2) is 41.5 Å². The summed E-state index contributed by atoms with van der Waals surface area (Å²) in [5.74, 6) is -0.00228. The van der Waals surface area contributed by atoms with Crippen LogP contribution in [0.4, 0.5) is 8.78 Å². The van der Waals surface area contributed by atoms with Crippen LogP contribution < -0.4 is 15.0 Å². The summed E-state index contributed by atoms with van der Waals surface area (Å²) in [4.78, 5) is 24.7. The van der Waals surface area contributed by atoms with Gasteiger partial charge in [-0.05, 0) is 37.1 Å². The van der Waals surface area contributed by atoms with Gasteiger partial charge in [-0.1, -0.05) is 0 Å². The quantitative estimate of drug-likeness (QED) is 0.705. The van der Waals surface area contributed by atoms with Gasteiger partial charge in [0.25, 0.3) is 5.56 Å². The number of benzene rings is 1. The molecule has 1 aliphatic carbocycles. The van der Waals surface area contributed by atoms with Crippen molar-refractivity contribution in [2.75, 3.05) is 0 Å². The maximum atomic E-state index is 12.3. The van der Waals surface area contributed by atoms with Crippen molar-refractivity contribution >= 4 is 11.2 Å². The van der Waals surface area contributed by atoms with E-state index < -0.39 is 12.2 Å². The van der Waals surface area contributed by atoms with Crippen LogP contribution >= 0.6 is 0 Å². The van der Waals surface area contributed by atoms with Crippen LogP contribution in [0.25, 0.3) is 16.9 Å². The van der Waals surface area contributed by atoms with Gasteiger partial charge in [0.2, 0.25) is 0 Å². The molecule has 0 unspecified atom stereocenters. The predicted octanol–water partition coefficient (Wildman–Crippen LogP) is 2.32. The van der Waals surface area contributed by atoms with E-state index in [9.17, 15) is 13.6 Å². The number of nitrogens with zero attached hydrogens (tertiary/aromatic N) is 4. The van der Waals surface area contributed by atoms with Gasteiger partial charge in [-0.25, -0.2) is 9.97 Å². The maximum Gasteiger partial charge on any atom is 0.387 e. The van der Waals surface area contributed by atoms with Crippen molar-refractivity contribution in [3.8, 4) is 17.4 Å². The van der Waals surface area contributed by atoms with Gasteiger partial charge in [0.1, 0.15) is 17.4 Å². The van der Waals surface area contributed by atoms with Gasteiger partial charge < -0.3 is 9.47 Å². The summed E-state index contributed by atoms with van der Waals surface area (Å²) in [5.41, 5.74) is 0.720. The van der Waals surface area contributed by atoms with E-state index in [1.165, 1.54) is 35.0 Å². The van der Waals surface area contributed by atoms with E-state index in [2.05, 4.69) is 19.7 Å². The third-order valence-corrected chi connectivity index (χ3v) is 3.59. The maximum absolute atomic E-state index is 12.3. The highest BCUT2D eigenvalue weighted by atomic mass is 19.3. The van der Waals surface area contributed by atoms with E-state index in [1.807, 2.05) is 0 Å². The Bertz CT molecular complexity index is 971. The molecule has 9 heteroatoms. The predicted molar refractivity (Wildman–Crippen MR) is 83.2 cm³/mol.